The van der Waals surface area contributed by atoms with E-state index >= 15 is 0 Å². The zero-order valence-corrected chi connectivity index (χ0v) is 17.2. The average Bonchev–Trinajstić information content (AvgIpc) is 2.56. The molecule has 0 aromatic heterocycles. The Bertz CT molecular complexity index is 644. The first-order valence-electron chi connectivity index (χ1n) is 8.97. The molecule has 11 heteroatoms. The summed E-state index contributed by atoms with van der Waals surface area (Å²) in [6.45, 7) is 7.28. The van der Waals surface area contributed by atoms with E-state index in [0.717, 1.165) is 27.7 Å². The molecule has 0 N–H and O–H groups in total. The van der Waals surface area contributed by atoms with Gasteiger partial charge < -0.3 is 28.4 Å². The van der Waals surface area contributed by atoms with Crippen molar-refractivity contribution in [1.82, 2.24) is 0 Å². The number of hydrogen-bond donors (Lipinski definition) is 0. The van der Waals surface area contributed by atoms with E-state index in [-0.39, 0.29) is 6.42 Å². The first kappa shape index (κ1) is 24.3. The Morgan fingerprint density at radius 3 is 1.55 bits per heavy atom. The summed E-state index contributed by atoms with van der Waals surface area (Å²) in [7, 11) is 0. The van der Waals surface area contributed by atoms with Crippen LogP contribution >= 0.6 is 0 Å². The number of hydrogen-bond acceptors (Lipinski definition) is 11. The Morgan fingerprint density at radius 1 is 0.690 bits per heavy atom. The Morgan fingerprint density at radius 2 is 1.14 bits per heavy atom. The summed E-state index contributed by atoms with van der Waals surface area (Å²) in [6.07, 6.45) is -7.48. The zero-order chi connectivity index (χ0) is 22.3. The van der Waals surface area contributed by atoms with Gasteiger partial charge in [0.05, 0.1) is 0 Å². The van der Waals surface area contributed by atoms with Crippen LogP contribution < -0.4 is 0 Å². The lowest BCUT2D eigenvalue weighted by atomic mass is 9.93. The molecule has 0 unspecified atom stereocenters. The molecule has 1 heterocycles. The summed E-state index contributed by atoms with van der Waals surface area (Å²) in [5, 5.41) is 0. The maximum absolute atomic E-state index is 11.7. The zero-order valence-electron chi connectivity index (χ0n) is 17.2. The van der Waals surface area contributed by atoms with Crippen molar-refractivity contribution in [1.29, 1.82) is 0 Å². The van der Waals surface area contributed by atoms with Gasteiger partial charge in [0, 0.05) is 34.6 Å². The Kier molecular flexibility index (Phi) is 9.02. The van der Waals surface area contributed by atoms with Gasteiger partial charge in [0.1, 0.15) is 12.2 Å². The van der Waals surface area contributed by atoms with Crippen LogP contribution in [0.25, 0.3) is 0 Å². The molecule has 0 bridgehead atoms. The van der Waals surface area contributed by atoms with Crippen LogP contribution in [0.15, 0.2) is 0 Å². The van der Waals surface area contributed by atoms with Crippen molar-refractivity contribution in [2.45, 2.75) is 84.8 Å². The summed E-state index contributed by atoms with van der Waals surface area (Å²) in [5.74, 6) is -3.69. The van der Waals surface area contributed by atoms with E-state index in [1.807, 2.05) is 0 Å². The van der Waals surface area contributed by atoms with Gasteiger partial charge in [-0.25, -0.2) is 0 Å². The molecule has 1 fully saturated rings. The van der Waals surface area contributed by atoms with Crippen molar-refractivity contribution in [3.05, 3.63) is 0 Å². The molecule has 0 aromatic carbocycles. The molecule has 1 saturated heterocycles. The van der Waals surface area contributed by atoms with Crippen LogP contribution in [0.4, 0.5) is 0 Å². The fourth-order valence-corrected chi connectivity index (χ4v) is 2.96. The lowest BCUT2D eigenvalue weighted by Gasteiger charge is -2.45. The molecule has 11 nitrogen and oxygen atoms in total. The van der Waals surface area contributed by atoms with E-state index in [4.69, 9.17) is 28.4 Å². The number of ether oxygens (including phenoxy) is 6. The monoisotopic (exact) mass is 418 g/mol. The van der Waals surface area contributed by atoms with E-state index in [1.54, 1.807) is 6.92 Å². The van der Waals surface area contributed by atoms with Crippen LogP contribution in [0.3, 0.4) is 0 Å². The van der Waals surface area contributed by atoms with E-state index < -0.39 is 66.7 Å². The maximum Gasteiger partial charge on any atom is 0.305 e. The SMILES string of the molecule is CC[C@H](OC(C)=O)[C@H]1O[C@H](OC(C)=O)[C@@H](OC(C)=O)[C@@H](OC(C)=O)[C@@H]1OC(C)=O. The van der Waals surface area contributed by atoms with Crippen molar-refractivity contribution in [3.8, 4) is 0 Å². The van der Waals surface area contributed by atoms with Crippen LogP contribution in [-0.2, 0) is 52.4 Å². The van der Waals surface area contributed by atoms with Gasteiger partial charge in [0.25, 0.3) is 0 Å². The molecular formula is C18H26O11. The summed E-state index contributed by atoms with van der Waals surface area (Å²) in [5.41, 5.74) is 0. The minimum absolute atomic E-state index is 0.236. The molecule has 29 heavy (non-hydrogen) atoms. The highest BCUT2D eigenvalue weighted by molar-refractivity contribution is 5.69. The third kappa shape index (κ3) is 7.33. The minimum Gasteiger partial charge on any atom is -0.460 e. The predicted octanol–water partition coefficient (Wildman–Crippen LogP) is 0.411. The highest BCUT2D eigenvalue weighted by atomic mass is 16.7. The molecule has 1 aliphatic heterocycles. The highest BCUT2D eigenvalue weighted by Gasteiger charge is 2.55. The first-order valence-corrected chi connectivity index (χ1v) is 8.97. The topological polar surface area (TPSA) is 141 Å². The molecule has 0 radical (unpaired) electrons. The second-order valence-corrected chi connectivity index (χ2v) is 6.36. The lowest BCUT2D eigenvalue weighted by Crippen LogP contribution is -2.64. The van der Waals surface area contributed by atoms with E-state index in [2.05, 4.69) is 0 Å². The second-order valence-electron chi connectivity index (χ2n) is 6.36. The molecule has 6 atom stereocenters. The fourth-order valence-electron chi connectivity index (χ4n) is 2.96. The summed E-state index contributed by atoms with van der Waals surface area (Å²) in [6, 6.07) is 0. The molecule has 0 aliphatic carbocycles. The summed E-state index contributed by atoms with van der Waals surface area (Å²) >= 11 is 0. The number of carbonyl (C=O) groups is 5. The smallest absolute Gasteiger partial charge is 0.305 e. The summed E-state index contributed by atoms with van der Waals surface area (Å²) < 4.78 is 31.7. The van der Waals surface area contributed by atoms with Gasteiger partial charge in [-0.1, -0.05) is 6.92 Å². The third-order valence-corrected chi connectivity index (χ3v) is 3.81. The number of esters is 5. The molecule has 0 aromatic rings. The van der Waals surface area contributed by atoms with Gasteiger partial charge in [-0.05, 0) is 6.42 Å². The van der Waals surface area contributed by atoms with Gasteiger partial charge in [-0.2, -0.15) is 0 Å². The molecule has 1 rings (SSSR count). The van der Waals surface area contributed by atoms with E-state index in [9.17, 15) is 24.0 Å². The Hall–Kier alpha value is -2.69. The lowest BCUT2D eigenvalue weighted by molar-refractivity contribution is -0.308. The number of carbonyl (C=O) groups excluding carboxylic acids is 5. The quantitative estimate of drug-likeness (QED) is 0.419. The fraction of sp³-hybridized carbons (Fsp3) is 0.722. The van der Waals surface area contributed by atoms with Gasteiger partial charge in [0.2, 0.25) is 12.4 Å². The van der Waals surface area contributed by atoms with Crippen LogP contribution in [-0.4, -0.2) is 66.7 Å². The second kappa shape index (κ2) is 10.7. The molecule has 1 aliphatic rings. The third-order valence-electron chi connectivity index (χ3n) is 3.81. The highest BCUT2D eigenvalue weighted by Crippen LogP contribution is 2.32. The number of rotatable bonds is 7. The van der Waals surface area contributed by atoms with Gasteiger partial charge in [-0.3, -0.25) is 24.0 Å². The average molecular weight is 418 g/mol. The van der Waals surface area contributed by atoms with Crippen molar-refractivity contribution in [2.24, 2.45) is 0 Å². The maximum atomic E-state index is 11.7. The molecule has 0 spiro atoms. The van der Waals surface area contributed by atoms with Crippen LogP contribution in [0.1, 0.15) is 48.0 Å². The van der Waals surface area contributed by atoms with Crippen molar-refractivity contribution >= 4 is 29.8 Å². The largest absolute Gasteiger partial charge is 0.460 e. The predicted molar refractivity (Wildman–Crippen MR) is 92.9 cm³/mol. The Labute approximate surface area is 167 Å². The van der Waals surface area contributed by atoms with Crippen LogP contribution in [0.2, 0.25) is 0 Å². The van der Waals surface area contributed by atoms with E-state index in [0.29, 0.717) is 0 Å². The van der Waals surface area contributed by atoms with Crippen LogP contribution in [0.5, 0.6) is 0 Å². The Balaban J connectivity index is 3.46. The van der Waals surface area contributed by atoms with Gasteiger partial charge in [-0.15, -0.1) is 0 Å². The van der Waals surface area contributed by atoms with Crippen molar-refractivity contribution in [3.63, 3.8) is 0 Å². The normalized spacial score (nSPS) is 27.2. The summed E-state index contributed by atoms with van der Waals surface area (Å²) in [4.78, 5) is 58.0. The standard InChI is InChI=1S/C18H26O11/c1-7-13(24-8(2)19)14-15(25-9(3)20)16(26-10(4)21)17(27-11(5)22)18(29-14)28-12(6)23/h13-18H,7H2,1-6H3/t13-,14+,15+,16-,17-,18-/m0/s1. The van der Waals surface area contributed by atoms with Crippen molar-refractivity contribution in [2.75, 3.05) is 0 Å². The molecule has 0 saturated carbocycles. The van der Waals surface area contributed by atoms with E-state index in [1.165, 1.54) is 6.92 Å². The van der Waals surface area contributed by atoms with Crippen molar-refractivity contribution < 1.29 is 52.4 Å². The minimum atomic E-state index is -1.50. The van der Waals surface area contributed by atoms with Gasteiger partial charge >= 0.3 is 29.8 Å². The molecule has 0 amide bonds. The first-order chi connectivity index (χ1) is 13.5. The molecular weight excluding hydrogens is 392 g/mol. The van der Waals surface area contributed by atoms with Gasteiger partial charge in [0.15, 0.2) is 12.2 Å². The molecule has 164 valence electrons. The van der Waals surface area contributed by atoms with Crippen LogP contribution in [0, 0.1) is 0 Å².